The van der Waals surface area contributed by atoms with Gasteiger partial charge in [-0.3, -0.25) is 0 Å². The first kappa shape index (κ1) is 14.8. The van der Waals surface area contributed by atoms with Crippen molar-refractivity contribution in [1.82, 2.24) is 0 Å². The van der Waals surface area contributed by atoms with Crippen LogP contribution in [0.5, 0.6) is 0 Å². The highest BCUT2D eigenvalue weighted by Gasteiger charge is 2.22. The molecule has 0 amide bonds. The van der Waals surface area contributed by atoms with Crippen molar-refractivity contribution in [2.24, 2.45) is 0 Å². The van der Waals surface area contributed by atoms with Crippen LogP contribution in [0.4, 0.5) is 0 Å². The zero-order chi connectivity index (χ0) is 10.9. The van der Waals surface area contributed by atoms with Gasteiger partial charge in [0.05, 0.1) is 6.61 Å². The molecule has 4 N–H and O–H groups in total. The minimum absolute atomic E-state index is 0.0869. The maximum Gasteiger partial charge on any atom is 0.151 e. The number of aldehydes is 1. The van der Waals surface area contributed by atoms with Crippen LogP contribution in [0.25, 0.3) is 0 Å². The van der Waals surface area contributed by atoms with Gasteiger partial charge in [0.1, 0.15) is 18.3 Å². The Hall–Kier alpha value is -0.750. The zero-order valence-corrected chi connectivity index (χ0v) is 7.50. The molecule has 0 heterocycles. The van der Waals surface area contributed by atoms with Gasteiger partial charge in [-0.2, -0.15) is 0 Å². The summed E-state index contributed by atoms with van der Waals surface area (Å²) in [5, 5.41) is 34.1. The Labute approximate surface area is 76.9 Å². The van der Waals surface area contributed by atoms with Gasteiger partial charge in [0.15, 0.2) is 6.29 Å². The summed E-state index contributed by atoms with van der Waals surface area (Å²) in [4.78, 5) is 9.76. The van der Waals surface area contributed by atoms with Crippen LogP contribution in [0.3, 0.4) is 0 Å². The van der Waals surface area contributed by atoms with E-state index in [1.54, 1.807) is 6.08 Å². The molecule has 0 rings (SSSR count). The number of hydrogen-bond acceptors (Lipinski definition) is 5. The third-order valence-corrected chi connectivity index (χ3v) is 1.07. The fourth-order valence-electron chi connectivity index (χ4n) is 0.416. The molecule has 0 aliphatic carbocycles. The van der Waals surface area contributed by atoms with Crippen LogP contribution < -0.4 is 0 Å². The summed E-state index contributed by atoms with van der Waals surface area (Å²) >= 11 is 0. The number of aliphatic hydroxyl groups is 4. The predicted octanol–water partition coefficient (Wildman–Crippen LogP) is -1.55. The Bertz CT molecular complexity index is 136. The molecule has 0 saturated carbocycles. The van der Waals surface area contributed by atoms with E-state index in [4.69, 9.17) is 20.4 Å². The van der Waals surface area contributed by atoms with Gasteiger partial charge in [-0.05, 0) is 6.92 Å². The lowest BCUT2D eigenvalue weighted by molar-refractivity contribution is -0.127. The molecular weight excluding hydrogens is 176 g/mol. The lowest BCUT2D eigenvalue weighted by Gasteiger charge is -2.16. The van der Waals surface area contributed by atoms with Crippen LogP contribution in [-0.2, 0) is 4.79 Å². The van der Waals surface area contributed by atoms with Gasteiger partial charge in [-0.25, -0.2) is 0 Å². The molecule has 0 radical (unpaired) electrons. The van der Waals surface area contributed by atoms with Crippen molar-refractivity contribution in [3.8, 4) is 0 Å². The van der Waals surface area contributed by atoms with Crippen LogP contribution in [-0.4, -0.2) is 51.6 Å². The molecule has 0 aliphatic heterocycles. The molecule has 0 fully saturated rings. The largest absolute Gasteiger partial charge is 0.394 e. The molecule has 0 aliphatic rings. The van der Waals surface area contributed by atoms with Gasteiger partial charge in [-0.1, -0.05) is 6.08 Å². The second-order valence-corrected chi connectivity index (χ2v) is 2.28. The lowest BCUT2D eigenvalue weighted by Crippen LogP contribution is -2.40. The van der Waals surface area contributed by atoms with Gasteiger partial charge in [0, 0.05) is 0 Å². The van der Waals surface area contributed by atoms with Crippen molar-refractivity contribution in [2.75, 3.05) is 6.61 Å². The Morgan fingerprint density at radius 2 is 1.77 bits per heavy atom. The number of carbonyl (C=O) groups is 1. The lowest BCUT2D eigenvalue weighted by atomic mass is 10.1. The molecule has 0 aromatic rings. The predicted molar refractivity (Wildman–Crippen MR) is 47.0 cm³/mol. The van der Waals surface area contributed by atoms with Crippen molar-refractivity contribution in [3.05, 3.63) is 12.7 Å². The molecular formula is C8H16O5. The fraction of sp³-hybridized carbons (Fsp3) is 0.625. The summed E-state index contributed by atoms with van der Waals surface area (Å²) in [5.41, 5.74) is 0. The molecule has 5 heteroatoms. The minimum atomic E-state index is -1.64. The van der Waals surface area contributed by atoms with E-state index in [9.17, 15) is 4.79 Å². The zero-order valence-electron chi connectivity index (χ0n) is 7.50. The maximum atomic E-state index is 9.76. The van der Waals surface area contributed by atoms with Crippen molar-refractivity contribution < 1.29 is 25.2 Å². The van der Waals surface area contributed by atoms with Gasteiger partial charge < -0.3 is 25.2 Å². The number of aliphatic hydroxyl groups excluding tert-OH is 4. The van der Waals surface area contributed by atoms with Gasteiger partial charge in [0.2, 0.25) is 0 Å². The number of rotatable bonds is 4. The van der Waals surface area contributed by atoms with Gasteiger partial charge in [0.25, 0.3) is 0 Å². The van der Waals surface area contributed by atoms with Crippen molar-refractivity contribution in [1.29, 1.82) is 0 Å². The highest BCUT2D eigenvalue weighted by atomic mass is 16.4. The molecule has 0 unspecified atom stereocenters. The minimum Gasteiger partial charge on any atom is -0.394 e. The van der Waals surface area contributed by atoms with Crippen LogP contribution in [0.15, 0.2) is 12.7 Å². The van der Waals surface area contributed by atoms with Crippen LogP contribution in [0, 0.1) is 0 Å². The van der Waals surface area contributed by atoms with E-state index in [0.29, 0.717) is 0 Å². The monoisotopic (exact) mass is 192 g/mol. The maximum absolute atomic E-state index is 9.76. The summed E-state index contributed by atoms with van der Waals surface area (Å²) in [6.45, 7) is 4.56. The summed E-state index contributed by atoms with van der Waals surface area (Å²) in [6.07, 6.45) is -2.88. The fourth-order valence-corrected chi connectivity index (χ4v) is 0.416. The Morgan fingerprint density at radius 3 is 2.00 bits per heavy atom. The van der Waals surface area contributed by atoms with Crippen LogP contribution >= 0.6 is 0 Å². The molecule has 13 heavy (non-hydrogen) atoms. The van der Waals surface area contributed by atoms with E-state index in [0.717, 1.165) is 0 Å². The molecule has 0 spiro atoms. The third-order valence-electron chi connectivity index (χ3n) is 1.07. The molecule has 5 nitrogen and oxygen atoms in total. The number of allylic oxidation sites excluding steroid dienone is 1. The first-order valence-corrected chi connectivity index (χ1v) is 3.72. The topological polar surface area (TPSA) is 98.0 Å². The van der Waals surface area contributed by atoms with Crippen LogP contribution in [0.1, 0.15) is 6.92 Å². The van der Waals surface area contributed by atoms with Crippen LogP contribution in [0.2, 0.25) is 0 Å². The summed E-state index contributed by atoms with van der Waals surface area (Å²) < 4.78 is 0. The normalized spacial score (nSPS) is 16.1. The van der Waals surface area contributed by atoms with E-state index in [1.165, 1.54) is 0 Å². The molecule has 0 aromatic heterocycles. The average molecular weight is 192 g/mol. The standard InChI is InChI=1S/C5H10O5.C3H6/c6-1-3(8)5(10)4(9)2-7;1-3-2/h1,3-5,7-10H,2H2;3H,1H2,2H3/t3-,4-,5+;/m1./s1. The highest BCUT2D eigenvalue weighted by Crippen LogP contribution is 1.96. The Kier molecular flexibility index (Phi) is 10.6. The van der Waals surface area contributed by atoms with E-state index < -0.39 is 24.9 Å². The van der Waals surface area contributed by atoms with Gasteiger partial charge >= 0.3 is 0 Å². The molecule has 0 bridgehead atoms. The van der Waals surface area contributed by atoms with E-state index in [1.807, 2.05) is 6.92 Å². The van der Waals surface area contributed by atoms with E-state index in [2.05, 4.69) is 6.58 Å². The van der Waals surface area contributed by atoms with Gasteiger partial charge in [-0.15, -0.1) is 6.58 Å². The molecule has 3 atom stereocenters. The average Bonchev–Trinajstić information content (AvgIpc) is 2.15. The summed E-state index contributed by atoms with van der Waals surface area (Å²) in [6, 6.07) is 0. The number of hydrogen-bond donors (Lipinski definition) is 4. The van der Waals surface area contributed by atoms with E-state index in [-0.39, 0.29) is 6.29 Å². The van der Waals surface area contributed by atoms with Crippen molar-refractivity contribution in [2.45, 2.75) is 25.2 Å². The van der Waals surface area contributed by atoms with Crippen molar-refractivity contribution >= 4 is 6.29 Å². The molecule has 0 aromatic carbocycles. The smallest absolute Gasteiger partial charge is 0.151 e. The van der Waals surface area contributed by atoms with Crippen molar-refractivity contribution in [3.63, 3.8) is 0 Å². The second kappa shape index (κ2) is 9.34. The quantitative estimate of drug-likeness (QED) is 0.319. The summed E-state index contributed by atoms with van der Waals surface area (Å²) in [5.74, 6) is 0. The number of carbonyl (C=O) groups excluding carboxylic acids is 1. The summed E-state index contributed by atoms with van der Waals surface area (Å²) in [7, 11) is 0. The Balaban J connectivity index is 0. The molecule has 78 valence electrons. The first-order valence-electron chi connectivity index (χ1n) is 3.72. The SMILES string of the molecule is C=CC.O=C[C@@H](O)[C@H](O)[C@H](O)CO. The Morgan fingerprint density at radius 1 is 1.38 bits per heavy atom. The first-order chi connectivity index (χ1) is 6.04. The van der Waals surface area contributed by atoms with E-state index >= 15 is 0 Å². The second-order valence-electron chi connectivity index (χ2n) is 2.28. The molecule has 0 saturated heterocycles. The highest BCUT2D eigenvalue weighted by molar-refractivity contribution is 5.56. The third kappa shape index (κ3) is 7.61.